The molecule has 0 unspecified atom stereocenters. The van der Waals surface area contributed by atoms with E-state index in [0.29, 0.717) is 5.56 Å². The maximum atomic E-state index is 9.43. The minimum Gasteiger partial charge on any atom is -0.507 e. The summed E-state index contributed by atoms with van der Waals surface area (Å²) in [4.78, 5) is 4.52. The number of benzene rings is 1. The summed E-state index contributed by atoms with van der Waals surface area (Å²) in [5, 5.41) is 18.3. The highest BCUT2D eigenvalue weighted by molar-refractivity contribution is 5.56. The predicted octanol–water partition coefficient (Wildman–Crippen LogP) is 1.02. The summed E-state index contributed by atoms with van der Waals surface area (Å²) in [7, 11) is 2.11. The van der Waals surface area contributed by atoms with E-state index in [1.807, 2.05) is 12.1 Å². The van der Waals surface area contributed by atoms with Crippen LogP contribution < -0.4 is 4.90 Å². The summed E-state index contributed by atoms with van der Waals surface area (Å²) in [5.41, 5.74) is 1.36. The highest BCUT2D eigenvalue weighted by Gasteiger charge is 2.15. The number of phenols is 1. The van der Waals surface area contributed by atoms with Crippen molar-refractivity contribution in [3.8, 4) is 11.8 Å². The Hall–Kier alpha value is -1.73. The van der Waals surface area contributed by atoms with Crippen molar-refractivity contribution in [1.29, 1.82) is 5.26 Å². The zero-order valence-corrected chi connectivity index (χ0v) is 9.35. The van der Waals surface area contributed by atoms with Crippen LogP contribution >= 0.6 is 0 Å². The van der Waals surface area contributed by atoms with Crippen LogP contribution in [0.4, 0.5) is 5.69 Å². The average molecular weight is 217 g/mol. The number of piperazine rings is 1. The SMILES string of the molecule is CN1CCN(c2ccc(O)c(C#N)c2)CC1. The second-order valence-corrected chi connectivity index (χ2v) is 4.10. The smallest absolute Gasteiger partial charge is 0.133 e. The van der Waals surface area contributed by atoms with Crippen LogP contribution in [-0.2, 0) is 0 Å². The first-order chi connectivity index (χ1) is 7.70. The third-order valence-corrected chi connectivity index (χ3v) is 2.97. The van der Waals surface area contributed by atoms with Crippen molar-refractivity contribution in [3.63, 3.8) is 0 Å². The summed E-state index contributed by atoms with van der Waals surface area (Å²) in [6.07, 6.45) is 0. The lowest BCUT2D eigenvalue weighted by Crippen LogP contribution is -2.44. The summed E-state index contributed by atoms with van der Waals surface area (Å²) >= 11 is 0. The number of anilines is 1. The van der Waals surface area contributed by atoms with E-state index >= 15 is 0 Å². The minimum absolute atomic E-state index is 0.0559. The van der Waals surface area contributed by atoms with Crippen molar-refractivity contribution < 1.29 is 5.11 Å². The molecule has 1 fully saturated rings. The Bertz CT molecular complexity index is 417. The highest BCUT2D eigenvalue weighted by atomic mass is 16.3. The van der Waals surface area contributed by atoms with Crippen LogP contribution in [-0.4, -0.2) is 43.2 Å². The molecule has 1 aliphatic heterocycles. The van der Waals surface area contributed by atoms with Gasteiger partial charge < -0.3 is 14.9 Å². The van der Waals surface area contributed by atoms with Gasteiger partial charge in [0.15, 0.2) is 0 Å². The van der Waals surface area contributed by atoms with Crippen molar-refractivity contribution in [2.24, 2.45) is 0 Å². The van der Waals surface area contributed by atoms with Gasteiger partial charge in [-0.25, -0.2) is 0 Å². The Kier molecular flexibility index (Phi) is 2.97. The molecule has 1 heterocycles. The molecule has 84 valence electrons. The van der Waals surface area contributed by atoms with Gasteiger partial charge in [0, 0.05) is 31.9 Å². The molecule has 1 aromatic rings. The number of hydrogen-bond donors (Lipinski definition) is 1. The van der Waals surface area contributed by atoms with Gasteiger partial charge in [0.2, 0.25) is 0 Å². The van der Waals surface area contributed by atoms with Gasteiger partial charge in [0.05, 0.1) is 5.56 Å². The molecule has 0 bridgehead atoms. The van der Waals surface area contributed by atoms with Gasteiger partial charge in [-0.1, -0.05) is 0 Å². The van der Waals surface area contributed by atoms with Gasteiger partial charge in [-0.2, -0.15) is 5.26 Å². The fourth-order valence-corrected chi connectivity index (χ4v) is 1.87. The summed E-state index contributed by atoms with van der Waals surface area (Å²) in [6, 6.07) is 7.20. The Morgan fingerprint density at radius 2 is 1.94 bits per heavy atom. The fraction of sp³-hybridized carbons (Fsp3) is 0.417. The molecule has 0 atom stereocenters. The van der Waals surface area contributed by atoms with E-state index in [0.717, 1.165) is 31.9 Å². The molecule has 0 aromatic heterocycles. The van der Waals surface area contributed by atoms with Gasteiger partial charge in [0.1, 0.15) is 11.8 Å². The minimum atomic E-state index is 0.0559. The number of nitriles is 1. The van der Waals surface area contributed by atoms with E-state index in [4.69, 9.17) is 5.26 Å². The average Bonchev–Trinajstić information content (AvgIpc) is 2.31. The van der Waals surface area contributed by atoms with Crippen LogP contribution in [0.2, 0.25) is 0 Å². The van der Waals surface area contributed by atoms with Crippen molar-refractivity contribution in [1.82, 2.24) is 4.90 Å². The lowest BCUT2D eigenvalue weighted by molar-refractivity contribution is 0.313. The quantitative estimate of drug-likeness (QED) is 0.763. The summed E-state index contributed by atoms with van der Waals surface area (Å²) in [5.74, 6) is 0.0559. The molecule has 0 amide bonds. The van der Waals surface area contributed by atoms with Crippen molar-refractivity contribution in [2.45, 2.75) is 0 Å². The first-order valence-corrected chi connectivity index (χ1v) is 5.37. The molecule has 1 saturated heterocycles. The topological polar surface area (TPSA) is 50.5 Å². The predicted molar refractivity (Wildman–Crippen MR) is 62.5 cm³/mol. The summed E-state index contributed by atoms with van der Waals surface area (Å²) in [6.45, 7) is 3.99. The van der Waals surface area contributed by atoms with Crippen LogP contribution in [0.5, 0.6) is 5.75 Å². The van der Waals surface area contributed by atoms with Gasteiger partial charge >= 0.3 is 0 Å². The number of rotatable bonds is 1. The number of likely N-dealkylation sites (N-methyl/N-ethyl adjacent to an activating group) is 1. The Morgan fingerprint density at radius 1 is 1.25 bits per heavy atom. The first-order valence-electron chi connectivity index (χ1n) is 5.37. The molecule has 4 nitrogen and oxygen atoms in total. The van der Waals surface area contributed by atoms with Crippen LogP contribution in [0, 0.1) is 11.3 Å². The molecular formula is C12H15N3O. The van der Waals surface area contributed by atoms with E-state index < -0.39 is 0 Å². The van der Waals surface area contributed by atoms with E-state index in [1.54, 1.807) is 12.1 Å². The molecule has 1 N–H and O–H groups in total. The van der Waals surface area contributed by atoms with Gasteiger partial charge in [-0.15, -0.1) is 0 Å². The standard InChI is InChI=1S/C12H15N3O/c1-14-4-6-15(7-5-14)11-2-3-12(16)10(8-11)9-13/h2-3,8,16H,4-7H2,1H3. The van der Waals surface area contributed by atoms with E-state index in [2.05, 4.69) is 16.8 Å². The summed E-state index contributed by atoms with van der Waals surface area (Å²) < 4.78 is 0. The van der Waals surface area contributed by atoms with Crippen LogP contribution in [0.15, 0.2) is 18.2 Å². The maximum absolute atomic E-state index is 9.43. The van der Waals surface area contributed by atoms with E-state index in [-0.39, 0.29) is 5.75 Å². The number of aromatic hydroxyl groups is 1. The molecule has 0 radical (unpaired) electrons. The molecule has 0 spiro atoms. The van der Waals surface area contributed by atoms with E-state index in [9.17, 15) is 5.11 Å². The third kappa shape index (κ3) is 2.10. The molecular weight excluding hydrogens is 202 g/mol. The second-order valence-electron chi connectivity index (χ2n) is 4.10. The van der Waals surface area contributed by atoms with Gasteiger partial charge in [0.25, 0.3) is 0 Å². The molecule has 4 heteroatoms. The Morgan fingerprint density at radius 3 is 2.56 bits per heavy atom. The number of phenolic OH excluding ortho intramolecular Hbond substituents is 1. The van der Waals surface area contributed by atoms with E-state index in [1.165, 1.54) is 0 Å². The lowest BCUT2D eigenvalue weighted by atomic mass is 10.1. The van der Waals surface area contributed by atoms with Crippen LogP contribution in [0.1, 0.15) is 5.56 Å². The second kappa shape index (κ2) is 4.42. The zero-order valence-electron chi connectivity index (χ0n) is 9.35. The van der Waals surface area contributed by atoms with Gasteiger partial charge in [-0.3, -0.25) is 0 Å². The fourth-order valence-electron chi connectivity index (χ4n) is 1.87. The molecule has 16 heavy (non-hydrogen) atoms. The Labute approximate surface area is 95.3 Å². The van der Waals surface area contributed by atoms with Crippen molar-refractivity contribution in [3.05, 3.63) is 23.8 Å². The lowest BCUT2D eigenvalue weighted by Gasteiger charge is -2.34. The van der Waals surface area contributed by atoms with Crippen molar-refractivity contribution in [2.75, 3.05) is 38.1 Å². The van der Waals surface area contributed by atoms with Crippen molar-refractivity contribution >= 4 is 5.69 Å². The van der Waals surface area contributed by atoms with Gasteiger partial charge in [-0.05, 0) is 25.2 Å². The van der Waals surface area contributed by atoms with Crippen LogP contribution in [0.3, 0.4) is 0 Å². The maximum Gasteiger partial charge on any atom is 0.133 e. The third-order valence-electron chi connectivity index (χ3n) is 2.97. The Balaban J connectivity index is 2.18. The van der Waals surface area contributed by atoms with Crippen LogP contribution in [0.25, 0.3) is 0 Å². The number of nitrogens with zero attached hydrogens (tertiary/aromatic N) is 3. The highest BCUT2D eigenvalue weighted by Crippen LogP contribution is 2.24. The normalized spacial score (nSPS) is 17.1. The molecule has 1 aromatic carbocycles. The number of hydrogen-bond acceptors (Lipinski definition) is 4. The molecule has 0 aliphatic carbocycles. The monoisotopic (exact) mass is 217 g/mol. The zero-order chi connectivity index (χ0) is 11.5. The molecule has 1 aliphatic rings. The largest absolute Gasteiger partial charge is 0.507 e. The molecule has 2 rings (SSSR count). The molecule has 0 saturated carbocycles. The first kappa shape index (κ1) is 10.8.